The number of aliphatic hydroxyl groups excluding tert-OH is 1. The average Bonchev–Trinajstić information content (AvgIpc) is 2.61. The Morgan fingerprint density at radius 2 is 1.88 bits per heavy atom. The van der Waals surface area contributed by atoms with Crippen molar-refractivity contribution in [2.75, 3.05) is 26.7 Å². The summed E-state index contributed by atoms with van der Waals surface area (Å²) >= 11 is 0. The number of likely N-dealkylation sites (tertiary alicyclic amines) is 1. The lowest BCUT2D eigenvalue weighted by atomic mass is 9.94. The molecule has 1 aromatic carbocycles. The van der Waals surface area contributed by atoms with E-state index in [4.69, 9.17) is 4.74 Å². The maximum Gasteiger partial charge on any atom is 0.328 e. The topological polar surface area (TPSA) is 70.1 Å². The fourth-order valence-electron chi connectivity index (χ4n) is 3.49. The average molecular weight is 332 g/mol. The summed E-state index contributed by atoms with van der Waals surface area (Å²) in [6, 6.07) is 7.34. The lowest BCUT2D eigenvalue weighted by Crippen LogP contribution is -2.52. The first-order chi connectivity index (χ1) is 11.6. The van der Waals surface area contributed by atoms with Gasteiger partial charge in [-0.15, -0.1) is 0 Å². The summed E-state index contributed by atoms with van der Waals surface area (Å²) in [5, 5.41) is 9.58. The van der Waals surface area contributed by atoms with Gasteiger partial charge in [0.2, 0.25) is 5.91 Å². The predicted octanol–water partition coefficient (Wildman–Crippen LogP) is 0.570. The second-order valence-electron chi connectivity index (χ2n) is 6.54. The molecule has 1 amide bonds. The largest absolute Gasteiger partial charge is 0.467 e. The van der Waals surface area contributed by atoms with Crippen LogP contribution in [0.5, 0.6) is 0 Å². The summed E-state index contributed by atoms with van der Waals surface area (Å²) in [6.45, 7) is 2.13. The molecule has 1 atom stereocenters. The molecule has 6 nitrogen and oxygen atoms in total. The number of hydrogen-bond acceptors (Lipinski definition) is 5. The number of nitrogens with zero attached hydrogens (tertiary/aromatic N) is 2. The maximum atomic E-state index is 12.8. The van der Waals surface area contributed by atoms with Gasteiger partial charge in [-0.1, -0.05) is 24.3 Å². The highest BCUT2D eigenvalue weighted by Crippen LogP contribution is 2.24. The van der Waals surface area contributed by atoms with Gasteiger partial charge in [-0.3, -0.25) is 9.69 Å². The molecule has 0 aliphatic carbocycles. The molecule has 1 N–H and O–H groups in total. The first-order valence-electron chi connectivity index (χ1n) is 8.43. The Kier molecular flexibility index (Phi) is 5.16. The summed E-state index contributed by atoms with van der Waals surface area (Å²) < 4.78 is 4.91. The van der Waals surface area contributed by atoms with E-state index in [0.717, 1.165) is 11.1 Å². The van der Waals surface area contributed by atoms with E-state index in [9.17, 15) is 14.7 Å². The molecule has 3 rings (SSSR count). The number of methoxy groups -OCH3 is 1. The van der Waals surface area contributed by atoms with E-state index in [2.05, 4.69) is 0 Å². The minimum absolute atomic E-state index is 0.0590. The summed E-state index contributed by atoms with van der Waals surface area (Å²) in [6.07, 6.45) is 1.61. The van der Waals surface area contributed by atoms with Gasteiger partial charge in [-0.2, -0.15) is 0 Å². The van der Waals surface area contributed by atoms with Crippen LogP contribution in [0, 0.1) is 0 Å². The van der Waals surface area contributed by atoms with Crippen LogP contribution >= 0.6 is 0 Å². The van der Waals surface area contributed by atoms with Gasteiger partial charge in [0.25, 0.3) is 0 Å². The molecule has 0 aromatic heterocycles. The summed E-state index contributed by atoms with van der Waals surface area (Å²) in [4.78, 5) is 28.6. The molecule has 0 unspecified atom stereocenters. The minimum Gasteiger partial charge on any atom is -0.467 e. The van der Waals surface area contributed by atoms with Crippen LogP contribution < -0.4 is 0 Å². The minimum atomic E-state index is -0.562. The number of piperidine rings is 1. The number of ether oxygens (including phenoxy) is 1. The quantitative estimate of drug-likeness (QED) is 0.820. The fourth-order valence-corrected chi connectivity index (χ4v) is 3.49. The van der Waals surface area contributed by atoms with E-state index in [0.29, 0.717) is 38.9 Å². The molecule has 130 valence electrons. The number of amides is 1. The number of fused-ring (bicyclic) bond motifs is 1. The Morgan fingerprint density at radius 1 is 1.21 bits per heavy atom. The van der Waals surface area contributed by atoms with Crippen LogP contribution in [0.15, 0.2) is 24.3 Å². The van der Waals surface area contributed by atoms with Crippen LogP contribution in [0.3, 0.4) is 0 Å². The number of hydrogen-bond donors (Lipinski definition) is 1. The molecule has 1 saturated heterocycles. The number of benzene rings is 1. The summed E-state index contributed by atoms with van der Waals surface area (Å²) in [5.41, 5.74) is 2.18. The fraction of sp³-hybridized carbons (Fsp3) is 0.556. The highest BCUT2D eigenvalue weighted by atomic mass is 16.5. The van der Waals surface area contributed by atoms with E-state index in [1.165, 1.54) is 7.11 Å². The van der Waals surface area contributed by atoms with Gasteiger partial charge in [-0.05, 0) is 24.0 Å². The molecular formula is C18H24N2O4. The molecule has 1 fully saturated rings. The molecule has 6 heteroatoms. The van der Waals surface area contributed by atoms with Gasteiger partial charge < -0.3 is 14.7 Å². The van der Waals surface area contributed by atoms with E-state index in [-0.39, 0.29) is 24.5 Å². The molecule has 1 aromatic rings. The molecule has 24 heavy (non-hydrogen) atoms. The van der Waals surface area contributed by atoms with Crippen LogP contribution in [0.25, 0.3) is 0 Å². The third-order valence-electron chi connectivity index (χ3n) is 4.96. The van der Waals surface area contributed by atoms with Crippen LogP contribution in [0.1, 0.15) is 24.0 Å². The van der Waals surface area contributed by atoms with Crippen molar-refractivity contribution < 1.29 is 19.4 Å². The highest BCUT2D eigenvalue weighted by molar-refractivity contribution is 5.86. The van der Waals surface area contributed by atoms with Gasteiger partial charge in [-0.25, -0.2) is 4.79 Å². The van der Waals surface area contributed by atoms with Crippen molar-refractivity contribution in [3.8, 4) is 0 Å². The van der Waals surface area contributed by atoms with Gasteiger partial charge in [0, 0.05) is 26.1 Å². The maximum absolute atomic E-state index is 12.8. The Labute approximate surface area is 142 Å². The lowest BCUT2D eigenvalue weighted by Gasteiger charge is -2.37. The van der Waals surface area contributed by atoms with Gasteiger partial charge in [0.1, 0.15) is 6.04 Å². The Balaban J connectivity index is 1.73. The monoisotopic (exact) mass is 332 g/mol. The Hall–Kier alpha value is -1.92. The smallest absolute Gasteiger partial charge is 0.328 e. The zero-order chi connectivity index (χ0) is 17.1. The van der Waals surface area contributed by atoms with Crippen LogP contribution in [0.2, 0.25) is 0 Å². The van der Waals surface area contributed by atoms with E-state index >= 15 is 0 Å². The van der Waals surface area contributed by atoms with Crippen molar-refractivity contribution in [2.45, 2.75) is 38.0 Å². The zero-order valence-electron chi connectivity index (χ0n) is 14.0. The zero-order valence-corrected chi connectivity index (χ0v) is 14.0. The van der Waals surface area contributed by atoms with Crippen molar-refractivity contribution in [1.82, 2.24) is 9.80 Å². The SMILES string of the molecule is COC(=O)[C@H]1Cc2ccccc2CN1C(=O)CN1CCC(O)CC1. The number of esters is 1. The molecule has 0 radical (unpaired) electrons. The summed E-state index contributed by atoms with van der Waals surface area (Å²) in [7, 11) is 1.36. The van der Waals surface area contributed by atoms with Crippen LogP contribution in [0.4, 0.5) is 0 Å². The third-order valence-corrected chi connectivity index (χ3v) is 4.96. The van der Waals surface area contributed by atoms with Crippen LogP contribution in [-0.4, -0.2) is 65.7 Å². The van der Waals surface area contributed by atoms with Crippen molar-refractivity contribution in [2.24, 2.45) is 0 Å². The number of carbonyl (C=O) groups excluding carboxylic acids is 2. The third kappa shape index (κ3) is 3.60. The van der Waals surface area contributed by atoms with E-state index in [1.807, 2.05) is 29.2 Å². The molecule has 0 spiro atoms. The van der Waals surface area contributed by atoms with Gasteiger partial charge >= 0.3 is 5.97 Å². The second kappa shape index (κ2) is 7.32. The first kappa shape index (κ1) is 16.9. The Bertz CT molecular complexity index is 611. The van der Waals surface area contributed by atoms with Crippen molar-refractivity contribution in [3.05, 3.63) is 35.4 Å². The Morgan fingerprint density at radius 3 is 2.54 bits per heavy atom. The lowest BCUT2D eigenvalue weighted by molar-refractivity contribution is -0.154. The molecule has 0 saturated carbocycles. The van der Waals surface area contributed by atoms with Crippen LogP contribution in [-0.2, 0) is 27.3 Å². The van der Waals surface area contributed by atoms with Gasteiger partial charge in [0.05, 0.1) is 19.8 Å². The number of rotatable bonds is 3. The normalized spacial score (nSPS) is 22.1. The molecule has 2 heterocycles. The second-order valence-corrected chi connectivity index (χ2v) is 6.54. The highest BCUT2D eigenvalue weighted by Gasteiger charge is 2.35. The first-order valence-corrected chi connectivity index (χ1v) is 8.43. The predicted molar refractivity (Wildman–Crippen MR) is 88.2 cm³/mol. The van der Waals surface area contributed by atoms with Crippen molar-refractivity contribution >= 4 is 11.9 Å². The van der Waals surface area contributed by atoms with Gasteiger partial charge in [0.15, 0.2) is 0 Å². The molecule has 2 aliphatic heterocycles. The number of aliphatic hydroxyl groups is 1. The standard InChI is InChI=1S/C18H24N2O4/c1-24-18(23)16-10-13-4-2-3-5-14(13)11-20(16)17(22)12-19-8-6-15(21)7-9-19/h2-5,15-16,21H,6-12H2,1H3/t16-/m1/s1. The van der Waals surface area contributed by atoms with E-state index in [1.54, 1.807) is 4.90 Å². The van der Waals surface area contributed by atoms with Crippen molar-refractivity contribution in [1.29, 1.82) is 0 Å². The molecule has 2 aliphatic rings. The number of carbonyl (C=O) groups is 2. The molecular weight excluding hydrogens is 308 g/mol. The van der Waals surface area contributed by atoms with Crippen molar-refractivity contribution in [3.63, 3.8) is 0 Å². The molecule has 0 bridgehead atoms. The van der Waals surface area contributed by atoms with E-state index < -0.39 is 6.04 Å². The summed E-state index contributed by atoms with van der Waals surface area (Å²) in [5.74, 6) is -0.428.